The Morgan fingerprint density at radius 1 is 1.11 bits per heavy atom. The zero-order valence-corrected chi connectivity index (χ0v) is 16.4. The van der Waals surface area contributed by atoms with E-state index in [9.17, 15) is 14.4 Å². The number of nitrogens with one attached hydrogen (secondary N) is 2. The second-order valence-corrected chi connectivity index (χ2v) is 7.30. The van der Waals surface area contributed by atoms with Gasteiger partial charge in [-0.05, 0) is 31.9 Å². The van der Waals surface area contributed by atoms with E-state index in [1.165, 1.54) is 26.2 Å². The van der Waals surface area contributed by atoms with Crippen molar-refractivity contribution in [3.8, 4) is 0 Å². The molecule has 6 nitrogen and oxygen atoms in total. The molecule has 1 saturated carbocycles. The highest BCUT2D eigenvalue weighted by Gasteiger charge is 2.21. The van der Waals surface area contributed by atoms with Gasteiger partial charge in [0.05, 0.1) is 10.6 Å². The molecule has 148 valence electrons. The molecule has 2 rings (SSSR count). The number of hydrogen-bond acceptors (Lipinski definition) is 4. The van der Waals surface area contributed by atoms with Crippen LogP contribution in [0, 0.1) is 0 Å². The van der Waals surface area contributed by atoms with Gasteiger partial charge in [0.15, 0.2) is 6.61 Å². The minimum absolute atomic E-state index is 0.147. The first-order chi connectivity index (χ1) is 13.0. The average molecular weight is 395 g/mol. The summed E-state index contributed by atoms with van der Waals surface area (Å²) in [5.41, 5.74) is 0.279. The molecule has 0 unspecified atom stereocenters. The van der Waals surface area contributed by atoms with E-state index in [0.717, 1.165) is 25.7 Å². The summed E-state index contributed by atoms with van der Waals surface area (Å²) in [6.45, 7) is 1.16. The van der Waals surface area contributed by atoms with Gasteiger partial charge >= 0.3 is 5.97 Å². The number of benzene rings is 1. The summed E-state index contributed by atoms with van der Waals surface area (Å²) in [5, 5.41) is 5.76. The predicted octanol–water partition coefficient (Wildman–Crippen LogP) is 3.23. The second-order valence-electron chi connectivity index (χ2n) is 6.89. The third-order valence-electron chi connectivity index (χ3n) is 4.64. The quantitative estimate of drug-likeness (QED) is 0.725. The first-order valence-corrected chi connectivity index (χ1v) is 9.86. The van der Waals surface area contributed by atoms with Crippen LogP contribution in [0.15, 0.2) is 24.3 Å². The van der Waals surface area contributed by atoms with Gasteiger partial charge in [-0.25, -0.2) is 4.79 Å². The number of rotatable bonds is 6. The van der Waals surface area contributed by atoms with E-state index >= 15 is 0 Å². The Labute approximate surface area is 165 Å². The minimum Gasteiger partial charge on any atom is -0.454 e. The molecule has 0 aliphatic heterocycles. The lowest BCUT2D eigenvalue weighted by atomic mass is 9.97. The summed E-state index contributed by atoms with van der Waals surface area (Å²) in [4.78, 5) is 36.2. The monoisotopic (exact) mass is 394 g/mol. The molecule has 0 spiro atoms. The van der Waals surface area contributed by atoms with Crippen molar-refractivity contribution in [1.82, 2.24) is 10.6 Å². The fraction of sp³-hybridized carbons (Fsp3) is 0.550. The number of hydrogen-bond donors (Lipinski definition) is 2. The van der Waals surface area contributed by atoms with Crippen molar-refractivity contribution < 1.29 is 19.1 Å². The van der Waals surface area contributed by atoms with Gasteiger partial charge in [0.25, 0.3) is 11.8 Å². The predicted molar refractivity (Wildman–Crippen MR) is 104 cm³/mol. The van der Waals surface area contributed by atoms with E-state index in [-0.39, 0.29) is 24.1 Å². The molecule has 1 aliphatic rings. The molecular weight excluding hydrogens is 368 g/mol. The van der Waals surface area contributed by atoms with Gasteiger partial charge in [-0.15, -0.1) is 0 Å². The Morgan fingerprint density at radius 2 is 1.74 bits per heavy atom. The van der Waals surface area contributed by atoms with Crippen LogP contribution in [0.1, 0.15) is 62.2 Å². The highest BCUT2D eigenvalue weighted by atomic mass is 35.5. The summed E-state index contributed by atoms with van der Waals surface area (Å²) in [5.74, 6) is -1.44. The van der Waals surface area contributed by atoms with Crippen LogP contribution in [-0.4, -0.2) is 36.5 Å². The van der Waals surface area contributed by atoms with Gasteiger partial charge in [0.2, 0.25) is 0 Å². The zero-order chi connectivity index (χ0) is 19.6. The van der Waals surface area contributed by atoms with Crippen molar-refractivity contribution in [1.29, 1.82) is 0 Å². The summed E-state index contributed by atoms with van der Waals surface area (Å²) in [7, 11) is 0. The molecule has 0 radical (unpaired) electrons. The number of carbonyl (C=O) groups excluding carboxylic acids is 3. The Kier molecular flexibility index (Phi) is 8.58. The number of amides is 2. The molecule has 0 bridgehead atoms. The van der Waals surface area contributed by atoms with Crippen LogP contribution in [-0.2, 0) is 14.3 Å². The van der Waals surface area contributed by atoms with Gasteiger partial charge in [-0.1, -0.05) is 55.8 Å². The van der Waals surface area contributed by atoms with E-state index in [0.29, 0.717) is 5.02 Å². The highest BCUT2D eigenvalue weighted by Crippen LogP contribution is 2.17. The van der Waals surface area contributed by atoms with E-state index in [4.69, 9.17) is 16.3 Å². The molecule has 1 aliphatic carbocycles. The largest absolute Gasteiger partial charge is 0.454 e. The van der Waals surface area contributed by atoms with Crippen molar-refractivity contribution in [3.05, 3.63) is 34.9 Å². The van der Waals surface area contributed by atoms with Crippen LogP contribution in [0.4, 0.5) is 0 Å². The van der Waals surface area contributed by atoms with Crippen molar-refractivity contribution in [2.24, 2.45) is 0 Å². The molecule has 1 aromatic rings. The summed E-state index contributed by atoms with van der Waals surface area (Å²) >= 11 is 5.97. The van der Waals surface area contributed by atoms with Gasteiger partial charge in [-0.3, -0.25) is 9.59 Å². The lowest BCUT2D eigenvalue weighted by Crippen LogP contribution is -2.42. The molecule has 0 aromatic heterocycles. The standard InChI is InChI=1S/C20H27ClN2O4/c1-14(22-19(25)16-11-7-8-12-17(16)21)20(26)27-13-18(24)23-15-9-5-3-2-4-6-10-15/h7-8,11-12,14-15H,2-6,9-10,13H2,1H3,(H,22,25)(H,23,24)/t14-/m0/s1. The smallest absolute Gasteiger partial charge is 0.328 e. The lowest BCUT2D eigenvalue weighted by Gasteiger charge is -2.21. The van der Waals surface area contributed by atoms with Gasteiger partial charge in [0.1, 0.15) is 6.04 Å². The summed E-state index contributed by atoms with van der Waals surface area (Å²) < 4.78 is 5.03. The molecule has 1 aromatic carbocycles. The van der Waals surface area contributed by atoms with E-state index in [2.05, 4.69) is 10.6 Å². The van der Waals surface area contributed by atoms with Crippen LogP contribution in [0.3, 0.4) is 0 Å². The van der Waals surface area contributed by atoms with Crippen LogP contribution in [0.2, 0.25) is 5.02 Å². The molecular formula is C20H27ClN2O4. The third-order valence-corrected chi connectivity index (χ3v) is 4.97. The van der Waals surface area contributed by atoms with Gasteiger partial charge in [0, 0.05) is 6.04 Å². The SMILES string of the molecule is C[C@H](NC(=O)c1ccccc1Cl)C(=O)OCC(=O)NC1CCCCCCC1. The first-order valence-electron chi connectivity index (χ1n) is 9.48. The maximum absolute atomic E-state index is 12.2. The third kappa shape index (κ3) is 7.21. The second kappa shape index (κ2) is 10.9. The molecule has 2 amide bonds. The average Bonchev–Trinajstić information content (AvgIpc) is 2.62. The molecule has 2 N–H and O–H groups in total. The van der Waals surface area contributed by atoms with E-state index in [1.807, 2.05) is 0 Å². The molecule has 0 heterocycles. The number of carbonyl (C=O) groups is 3. The van der Waals surface area contributed by atoms with Crippen molar-refractivity contribution in [3.63, 3.8) is 0 Å². The lowest BCUT2D eigenvalue weighted by molar-refractivity contribution is -0.150. The Morgan fingerprint density at radius 3 is 2.41 bits per heavy atom. The highest BCUT2D eigenvalue weighted by molar-refractivity contribution is 6.33. The summed E-state index contributed by atoms with van der Waals surface area (Å²) in [6.07, 6.45) is 7.80. The molecule has 7 heteroatoms. The number of halogens is 1. The van der Waals surface area contributed by atoms with E-state index in [1.54, 1.807) is 24.3 Å². The Balaban J connectivity index is 1.74. The normalized spacial score (nSPS) is 16.5. The fourth-order valence-electron chi connectivity index (χ4n) is 3.11. The number of ether oxygens (including phenoxy) is 1. The maximum atomic E-state index is 12.2. The Bertz CT molecular complexity index is 657. The zero-order valence-electron chi connectivity index (χ0n) is 15.6. The number of esters is 1. The molecule has 1 fully saturated rings. The fourth-order valence-corrected chi connectivity index (χ4v) is 3.33. The Hall–Kier alpha value is -2.08. The summed E-state index contributed by atoms with van der Waals surface area (Å²) in [6, 6.07) is 5.82. The molecule has 27 heavy (non-hydrogen) atoms. The first kappa shape index (κ1) is 21.2. The van der Waals surface area contributed by atoms with Crippen LogP contribution in [0.5, 0.6) is 0 Å². The maximum Gasteiger partial charge on any atom is 0.328 e. The van der Waals surface area contributed by atoms with Gasteiger partial charge in [-0.2, -0.15) is 0 Å². The topological polar surface area (TPSA) is 84.5 Å². The minimum atomic E-state index is -0.886. The van der Waals surface area contributed by atoms with Crippen molar-refractivity contribution >= 4 is 29.4 Å². The van der Waals surface area contributed by atoms with Crippen LogP contribution in [0.25, 0.3) is 0 Å². The van der Waals surface area contributed by atoms with Crippen LogP contribution >= 0.6 is 11.6 Å². The van der Waals surface area contributed by atoms with Crippen LogP contribution < -0.4 is 10.6 Å². The van der Waals surface area contributed by atoms with Crippen molar-refractivity contribution in [2.75, 3.05) is 6.61 Å². The van der Waals surface area contributed by atoms with Crippen molar-refractivity contribution in [2.45, 2.75) is 64.0 Å². The van der Waals surface area contributed by atoms with Gasteiger partial charge < -0.3 is 15.4 Å². The van der Waals surface area contributed by atoms with E-state index < -0.39 is 17.9 Å². The molecule has 1 atom stereocenters. The molecule has 0 saturated heterocycles.